The Kier molecular flexibility index (Phi) is 4.95. The number of piperidine rings is 1. The SMILES string of the molecule is CC1CN(CCN2CCC(N)CC2)CCS1. The van der Waals surface area contributed by atoms with E-state index in [0.717, 1.165) is 5.25 Å². The predicted molar refractivity (Wildman–Crippen MR) is 72.0 cm³/mol. The van der Waals surface area contributed by atoms with Crippen molar-refractivity contribution in [2.75, 3.05) is 45.0 Å². The van der Waals surface area contributed by atoms with Crippen molar-refractivity contribution >= 4 is 11.8 Å². The molecular weight excluding hydrogens is 218 g/mol. The number of nitrogens with zero attached hydrogens (tertiary/aromatic N) is 2. The van der Waals surface area contributed by atoms with Crippen molar-refractivity contribution in [1.29, 1.82) is 0 Å². The van der Waals surface area contributed by atoms with Crippen LogP contribution in [0.1, 0.15) is 19.8 Å². The highest BCUT2D eigenvalue weighted by Crippen LogP contribution is 2.17. The summed E-state index contributed by atoms with van der Waals surface area (Å²) >= 11 is 2.11. The van der Waals surface area contributed by atoms with E-state index in [9.17, 15) is 0 Å². The molecule has 0 aromatic rings. The summed E-state index contributed by atoms with van der Waals surface area (Å²) in [7, 11) is 0. The van der Waals surface area contributed by atoms with Gasteiger partial charge in [0.15, 0.2) is 0 Å². The van der Waals surface area contributed by atoms with Gasteiger partial charge in [-0.1, -0.05) is 6.92 Å². The molecule has 0 saturated carbocycles. The van der Waals surface area contributed by atoms with Gasteiger partial charge in [0, 0.05) is 43.2 Å². The van der Waals surface area contributed by atoms with Gasteiger partial charge in [-0.3, -0.25) is 0 Å². The Morgan fingerprint density at radius 1 is 1.12 bits per heavy atom. The summed E-state index contributed by atoms with van der Waals surface area (Å²) < 4.78 is 0. The average Bonchev–Trinajstić information content (AvgIpc) is 2.28. The summed E-state index contributed by atoms with van der Waals surface area (Å²) in [6.07, 6.45) is 2.37. The van der Waals surface area contributed by atoms with Crippen LogP contribution in [-0.4, -0.2) is 66.1 Å². The molecule has 2 N–H and O–H groups in total. The molecule has 94 valence electrons. The number of nitrogens with two attached hydrogens (primary N) is 1. The zero-order valence-electron chi connectivity index (χ0n) is 10.4. The number of hydrogen-bond acceptors (Lipinski definition) is 4. The quantitative estimate of drug-likeness (QED) is 0.796. The van der Waals surface area contributed by atoms with Crippen LogP contribution >= 0.6 is 11.8 Å². The molecule has 16 heavy (non-hydrogen) atoms. The van der Waals surface area contributed by atoms with Gasteiger partial charge in [0.05, 0.1) is 0 Å². The van der Waals surface area contributed by atoms with E-state index in [4.69, 9.17) is 5.73 Å². The molecule has 0 spiro atoms. The standard InChI is InChI=1S/C12H25N3S/c1-11-10-15(8-9-16-11)7-6-14-4-2-12(13)3-5-14/h11-12H,2-10,13H2,1H3. The van der Waals surface area contributed by atoms with Gasteiger partial charge in [0.1, 0.15) is 0 Å². The van der Waals surface area contributed by atoms with E-state index in [1.807, 2.05) is 0 Å². The number of thioether (sulfide) groups is 1. The second-order valence-corrected chi connectivity index (χ2v) is 6.71. The third kappa shape index (κ3) is 3.91. The van der Waals surface area contributed by atoms with Crippen molar-refractivity contribution in [3.8, 4) is 0 Å². The van der Waals surface area contributed by atoms with Gasteiger partial charge in [-0.25, -0.2) is 0 Å². The lowest BCUT2D eigenvalue weighted by molar-refractivity contribution is 0.176. The number of rotatable bonds is 3. The average molecular weight is 243 g/mol. The summed E-state index contributed by atoms with van der Waals surface area (Å²) in [5.74, 6) is 1.31. The topological polar surface area (TPSA) is 32.5 Å². The van der Waals surface area contributed by atoms with Crippen molar-refractivity contribution < 1.29 is 0 Å². The largest absolute Gasteiger partial charge is 0.328 e. The molecule has 0 bridgehead atoms. The first-order chi connectivity index (χ1) is 7.74. The summed E-state index contributed by atoms with van der Waals surface area (Å²) in [6.45, 7) is 9.81. The molecular formula is C12H25N3S. The van der Waals surface area contributed by atoms with Crippen LogP contribution in [0.2, 0.25) is 0 Å². The molecule has 3 nitrogen and oxygen atoms in total. The number of hydrogen-bond donors (Lipinski definition) is 1. The molecule has 1 atom stereocenters. The lowest BCUT2D eigenvalue weighted by Gasteiger charge is -2.34. The minimum Gasteiger partial charge on any atom is -0.328 e. The van der Waals surface area contributed by atoms with E-state index in [1.165, 1.54) is 57.9 Å². The third-order valence-corrected chi connectivity index (χ3v) is 4.83. The van der Waals surface area contributed by atoms with Crippen LogP contribution in [0.3, 0.4) is 0 Å². The molecule has 0 aliphatic carbocycles. The highest BCUT2D eigenvalue weighted by molar-refractivity contribution is 7.99. The summed E-state index contributed by atoms with van der Waals surface area (Å²) in [5, 5.41) is 0.823. The molecule has 1 unspecified atom stereocenters. The Balaban J connectivity index is 1.63. The lowest BCUT2D eigenvalue weighted by Crippen LogP contribution is -2.45. The van der Waals surface area contributed by atoms with Crippen LogP contribution < -0.4 is 5.73 Å². The second-order valence-electron chi connectivity index (χ2n) is 5.16. The highest BCUT2D eigenvalue weighted by atomic mass is 32.2. The predicted octanol–water partition coefficient (Wildman–Crippen LogP) is 0.847. The van der Waals surface area contributed by atoms with E-state index in [2.05, 4.69) is 28.5 Å². The van der Waals surface area contributed by atoms with Crippen LogP contribution in [0.15, 0.2) is 0 Å². The molecule has 0 aromatic carbocycles. The normalized spacial score (nSPS) is 30.8. The fourth-order valence-electron chi connectivity index (χ4n) is 2.55. The molecule has 0 aromatic heterocycles. The van der Waals surface area contributed by atoms with Crippen molar-refractivity contribution in [2.24, 2.45) is 5.73 Å². The first-order valence-electron chi connectivity index (χ1n) is 6.56. The lowest BCUT2D eigenvalue weighted by atomic mass is 10.1. The Morgan fingerprint density at radius 3 is 2.50 bits per heavy atom. The zero-order chi connectivity index (χ0) is 11.4. The van der Waals surface area contributed by atoms with Crippen molar-refractivity contribution in [3.63, 3.8) is 0 Å². The van der Waals surface area contributed by atoms with Gasteiger partial charge in [-0.05, 0) is 25.9 Å². The van der Waals surface area contributed by atoms with Crippen LogP contribution in [0, 0.1) is 0 Å². The monoisotopic (exact) mass is 243 g/mol. The fourth-order valence-corrected chi connectivity index (χ4v) is 3.64. The minimum absolute atomic E-state index is 0.461. The Labute approximate surface area is 104 Å². The van der Waals surface area contributed by atoms with Gasteiger partial charge in [-0.15, -0.1) is 0 Å². The third-order valence-electron chi connectivity index (χ3n) is 3.69. The van der Waals surface area contributed by atoms with Gasteiger partial charge in [-0.2, -0.15) is 11.8 Å². The van der Waals surface area contributed by atoms with Gasteiger partial charge < -0.3 is 15.5 Å². The molecule has 2 saturated heterocycles. The van der Waals surface area contributed by atoms with E-state index >= 15 is 0 Å². The van der Waals surface area contributed by atoms with Crippen molar-refractivity contribution in [2.45, 2.75) is 31.1 Å². The molecule has 2 rings (SSSR count). The van der Waals surface area contributed by atoms with E-state index in [1.54, 1.807) is 0 Å². The summed E-state index contributed by atoms with van der Waals surface area (Å²) in [6, 6.07) is 0.461. The van der Waals surface area contributed by atoms with Crippen LogP contribution in [0.5, 0.6) is 0 Å². The maximum absolute atomic E-state index is 5.91. The molecule has 4 heteroatoms. The summed E-state index contributed by atoms with van der Waals surface area (Å²) in [5.41, 5.74) is 5.91. The molecule has 2 aliphatic heterocycles. The minimum atomic E-state index is 0.461. The second kappa shape index (κ2) is 6.24. The molecule has 0 amide bonds. The number of likely N-dealkylation sites (tertiary alicyclic amines) is 1. The van der Waals surface area contributed by atoms with Crippen LogP contribution in [0.4, 0.5) is 0 Å². The maximum atomic E-state index is 5.91. The Hall–Kier alpha value is 0.230. The highest BCUT2D eigenvalue weighted by Gasteiger charge is 2.19. The van der Waals surface area contributed by atoms with Crippen LogP contribution in [0.25, 0.3) is 0 Å². The zero-order valence-corrected chi connectivity index (χ0v) is 11.2. The van der Waals surface area contributed by atoms with E-state index in [0.29, 0.717) is 6.04 Å². The van der Waals surface area contributed by atoms with Gasteiger partial charge in [0.25, 0.3) is 0 Å². The fraction of sp³-hybridized carbons (Fsp3) is 1.00. The van der Waals surface area contributed by atoms with Gasteiger partial charge in [0.2, 0.25) is 0 Å². The first-order valence-corrected chi connectivity index (χ1v) is 7.61. The molecule has 2 heterocycles. The maximum Gasteiger partial charge on any atom is 0.0147 e. The van der Waals surface area contributed by atoms with Crippen LogP contribution in [-0.2, 0) is 0 Å². The van der Waals surface area contributed by atoms with Crippen molar-refractivity contribution in [1.82, 2.24) is 9.80 Å². The molecule has 0 radical (unpaired) electrons. The van der Waals surface area contributed by atoms with E-state index < -0.39 is 0 Å². The first kappa shape index (κ1) is 12.7. The van der Waals surface area contributed by atoms with Gasteiger partial charge >= 0.3 is 0 Å². The Bertz CT molecular complexity index is 204. The molecule has 2 fully saturated rings. The van der Waals surface area contributed by atoms with Crippen molar-refractivity contribution in [3.05, 3.63) is 0 Å². The summed E-state index contributed by atoms with van der Waals surface area (Å²) in [4.78, 5) is 5.20. The van der Waals surface area contributed by atoms with E-state index in [-0.39, 0.29) is 0 Å². The Morgan fingerprint density at radius 2 is 1.81 bits per heavy atom. The smallest absolute Gasteiger partial charge is 0.0147 e. The molecule has 2 aliphatic rings.